The summed E-state index contributed by atoms with van der Waals surface area (Å²) in [6.07, 6.45) is 0.620. The number of aromatic nitrogens is 2. The standard InChI is InChI=1S/C18H21N3O5S/c1-6-7-19-18-21-12(8-27-18)16(23)26-11(4)15(22)14-9(2)13(10(3)20-14)17(24)25-5/h6,8,11,20H,1,7H2,2-5H3,(H,19,21). The second kappa shape index (κ2) is 8.63. The Morgan fingerprint density at radius 1 is 1.37 bits per heavy atom. The van der Waals surface area contributed by atoms with Crippen molar-refractivity contribution in [2.45, 2.75) is 26.9 Å². The van der Waals surface area contributed by atoms with Gasteiger partial charge in [0.15, 0.2) is 16.9 Å². The summed E-state index contributed by atoms with van der Waals surface area (Å²) in [5, 5.41) is 5.07. The number of nitrogens with one attached hydrogen (secondary N) is 2. The van der Waals surface area contributed by atoms with Crippen molar-refractivity contribution in [2.24, 2.45) is 0 Å². The highest BCUT2D eigenvalue weighted by Crippen LogP contribution is 2.21. The van der Waals surface area contributed by atoms with E-state index in [2.05, 4.69) is 21.9 Å². The Labute approximate surface area is 160 Å². The van der Waals surface area contributed by atoms with Gasteiger partial charge in [0.1, 0.15) is 0 Å². The number of carbonyl (C=O) groups excluding carboxylic acids is 3. The number of Topliss-reactive ketones (excluding diaryl/α,β-unsaturated/α-hetero) is 1. The summed E-state index contributed by atoms with van der Waals surface area (Å²) < 4.78 is 9.96. The van der Waals surface area contributed by atoms with E-state index in [1.54, 1.807) is 25.3 Å². The summed E-state index contributed by atoms with van der Waals surface area (Å²) in [6.45, 7) is 8.88. The van der Waals surface area contributed by atoms with E-state index < -0.39 is 23.8 Å². The van der Waals surface area contributed by atoms with Crippen molar-refractivity contribution in [1.29, 1.82) is 0 Å². The van der Waals surface area contributed by atoms with Gasteiger partial charge in [-0.1, -0.05) is 6.08 Å². The van der Waals surface area contributed by atoms with E-state index in [-0.39, 0.29) is 11.4 Å². The molecule has 27 heavy (non-hydrogen) atoms. The fourth-order valence-corrected chi connectivity index (χ4v) is 3.18. The minimum absolute atomic E-state index is 0.112. The largest absolute Gasteiger partial charge is 0.465 e. The smallest absolute Gasteiger partial charge is 0.358 e. The zero-order valence-corrected chi connectivity index (χ0v) is 16.4. The number of thiazole rings is 1. The number of ether oxygens (including phenoxy) is 2. The molecule has 0 aliphatic carbocycles. The Morgan fingerprint density at radius 3 is 2.70 bits per heavy atom. The molecule has 2 N–H and O–H groups in total. The predicted molar refractivity (Wildman–Crippen MR) is 102 cm³/mol. The van der Waals surface area contributed by atoms with Crippen LogP contribution in [0.1, 0.15) is 49.5 Å². The molecule has 2 heterocycles. The molecular weight excluding hydrogens is 370 g/mol. The minimum atomic E-state index is -1.05. The average Bonchev–Trinajstić information content (AvgIpc) is 3.23. The van der Waals surface area contributed by atoms with Gasteiger partial charge in [0.2, 0.25) is 5.78 Å². The van der Waals surface area contributed by atoms with Crippen LogP contribution in [0.4, 0.5) is 5.13 Å². The summed E-state index contributed by atoms with van der Waals surface area (Å²) in [6, 6.07) is 0. The number of rotatable bonds is 8. The Bertz CT molecular complexity index is 884. The molecule has 0 saturated heterocycles. The molecule has 8 nitrogen and oxygen atoms in total. The number of nitrogens with zero attached hydrogens (tertiary/aromatic N) is 1. The molecule has 0 aromatic carbocycles. The number of hydrogen-bond acceptors (Lipinski definition) is 8. The molecule has 1 unspecified atom stereocenters. The second-order valence-electron chi connectivity index (χ2n) is 5.74. The van der Waals surface area contributed by atoms with E-state index in [0.717, 1.165) is 0 Å². The summed E-state index contributed by atoms with van der Waals surface area (Å²) in [7, 11) is 1.27. The molecule has 0 bridgehead atoms. The second-order valence-corrected chi connectivity index (χ2v) is 6.59. The molecule has 0 aliphatic rings. The highest BCUT2D eigenvalue weighted by atomic mass is 32.1. The quantitative estimate of drug-likeness (QED) is 0.404. The first-order chi connectivity index (χ1) is 12.8. The first-order valence-electron chi connectivity index (χ1n) is 8.13. The summed E-state index contributed by atoms with van der Waals surface area (Å²) >= 11 is 1.25. The van der Waals surface area contributed by atoms with Crippen molar-refractivity contribution >= 4 is 34.2 Å². The Balaban J connectivity index is 2.11. The molecule has 0 spiro atoms. The van der Waals surface area contributed by atoms with Crippen molar-refractivity contribution in [1.82, 2.24) is 9.97 Å². The van der Waals surface area contributed by atoms with Crippen LogP contribution >= 0.6 is 11.3 Å². The fraction of sp³-hybridized carbons (Fsp3) is 0.333. The summed E-state index contributed by atoms with van der Waals surface area (Å²) in [4.78, 5) is 43.7. The lowest BCUT2D eigenvalue weighted by molar-refractivity contribution is 0.0312. The number of anilines is 1. The lowest BCUT2D eigenvalue weighted by Gasteiger charge is -2.11. The number of methoxy groups -OCH3 is 1. The molecule has 1 atom stereocenters. The number of esters is 2. The topological polar surface area (TPSA) is 110 Å². The zero-order valence-electron chi connectivity index (χ0n) is 15.5. The van der Waals surface area contributed by atoms with E-state index in [9.17, 15) is 14.4 Å². The summed E-state index contributed by atoms with van der Waals surface area (Å²) in [5.74, 6) is -1.68. The molecule has 9 heteroatoms. The molecular formula is C18H21N3O5S. The molecule has 0 saturated carbocycles. The fourth-order valence-electron chi connectivity index (χ4n) is 2.49. The third-order valence-electron chi connectivity index (χ3n) is 3.84. The van der Waals surface area contributed by atoms with Crippen molar-refractivity contribution in [3.63, 3.8) is 0 Å². The van der Waals surface area contributed by atoms with Gasteiger partial charge < -0.3 is 19.8 Å². The van der Waals surface area contributed by atoms with Gasteiger partial charge >= 0.3 is 11.9 Å². The molecule has 0 aliphatic heterocycles. The first-order valence-corrected chi connectivity index (χ1v) is 9.01. The number of aryl methyl sites for hydroxylation is 1. The van der Waals surface area contributed by atoms with Crippen molar-refractivity contribution in [3.8, 4) is 0 Å². The van der Waals surface area contributed by atoms with Gasteiger partial charge in [-0.15, -0.1) is 17.9 Å². The van der Waals surface area contributed by atoms with Gasteiger partial charge in [0.25, 0.3) is 0 Å². The van der Waals surface area contributed by atoms with Crippen LogP contribution in [0.25, 0.3) is 0 Å². The van der Waals surface area contributed by atoms with Gasteiger partial charge in [-0.3, -0.25) is 4.79 Å². The minimum Gasteiger partial charge on any atom is -0.465 e. The Morgan fingerprint density at radius 2 is 2.07 bits per heavy atom. The number of carbonyl (C=O) groups is 3. The first kappa shape index (κ1) is 20.4. The van der Waals surface area contributed by atoms with Crippen LogP contribution in [0.3, 0.4) is 0 Å². The summed E-state index contributed by atoms with van der Waals surface area (Å²) in [5.41, 5.74) is 1.59. The van der Waals surface area contributed by atoms with Crippen LogP contribution in [-0.2, 0) is 9.47 Å². The van der Waals surface area contributed by atoms with Crippen LogP contribution in [-0.4, -0.2) is 47.4 Å². The number of aromatic amines is 1. The average molecular weight is 391 g/mol. The molecule has 2 aromatic rings. The van der Waals surface area contributed by atoms with Gasteiger partial charge in [0, 0.05) is 17.6 Å². The molecule has 0 radical (unpaired) electrons. The molecule has 0 amide bonds. The Hall–Kier alpha value is -2.94. The van der Waals surface area contributed by atoms with E-state index in [0.29, 0.717) is 28.5 Å². The lowest BCUT2D eigenvalue weighted by Crippen LogP contribution is -2.25. The third-order valence-corrected chi connectivity index (χ3v) is 4.64. The highest BCUT2D eigenvalue weighted by Gasteiger charge is 2.28. The van der Waals surface area contributed by atoms with Crippen LogP contribution in [0.2, 0.25) is 0 Å². The van der Waals surface area contributed by atoms with Crippen LogP contribution in [0, 0.1) is 13.8 Å². The van der Waals surface area contributed by atoms with E-state index >= 15 is 0 Å². The number of hydrogen-bond donors (Lipinski definition) is 2. The Kier molecular flexibility index (Phi) is 6.51. The highest BCUT2D eigenvalue weighted by molar-refractivity contribution is 7.13. The molecule has 144 valence electrons. The lowest BCUT2D eigenvalue weighted by atomic mass is 10.1. The predicted octanol–water partition coefficient (Wildman–Crippen LogP) is 2.90. The zero-order chi connectivity index (χ0) is 20.1. The van der Waals surface area contributed by atoms with Crippen molar-refractivity contribution in [3.05, 3.63) is 46.2 Å². The third kappa shape index (κ3) is 4.43. The van der Waals surface area contributed by atoms with Crippen molar-refractivity contribution in [2.75, 3.05) is 19.0 Å². The van der Waals surface area contributed by atoms with Gasteiger partial charge in [-0.2, -0.15) is 0 Å². The van der Waals surface area contributed by atoms with Gasteiger partial charge in [-0.05, 0) is 26.3 Å². The number of ketones is 1. The van der Waals surface area contributed by atoms with Crippen molar-refractivity contribution < 1.29 is 23.9 Å². The van der Waals surface area contributed by atoms with Crippen LogP contribution < -0.4 is 5.32 Å². The molecule has 2 rings (SSSR count). The van der Waals surface area contributed by atoms with E-state index in [4.69, 9.17) is 9.47 Å². The maximum atomic E-state index is 12.7. The maximum Gasteiger partial charge on any atom is 0.358 e. The van der Waals surface area contributed by atoms with Gasteiger partial charge in [0.05, 0.1) is 18.4 Å². The maximum absolute atomic E-state index is 12.7. The molecule has 0 fully saturated rings. The normalized spacial score (nSPS) is 11.6. The van der Waals surface area contributed by atoms with E-state index in [1.165, 1.54) is 25.4 Å². The van der Waals surface area contributed by atoms with Crippen LogP contribution in [0.5, 0.6) is 0 Å². The van der Waals surface area contributed by atoms with E-state index in [1.807, 2.05) is 0 Å². The van der Waals surface area contributed by atoms with Crippen LogP contribution in [0.15, 0.2) is 18.0 Å². The van der Waals surface area contributed by atoms with Gasteiger partial charge in [-0.25, -0.2) is 14.6 Å². The number of H-pyrrole nitrogens is 1. The molecule has 2 aromatic heterocycles. The SMILES string of the molecule is C=CCNc1nc(C(=O)OC(C)C(=O)c2[nH]c(C)c(C(=O)OC)c2C)cs1. The monoisotopic (exact) mass is 391 g/mol.